The number of amides is 1. The number of ether oxygens (including phenoxy) is 1. The van der Waals surface area contributed by atoms with Gasteiger partial charge in [-0.25, -0.2) is 4.79 Å². The lowest BCUT2D eigenvalue weighted by Crippen LogP contribution is -2.27. The normalized spacial score (nSPS) is 11.1. The van der Waals surface area contributed by atoms with Crippen LogP contribution in [0.1, 0.15) is 20.8 Å². The van der Waals surface area contributed by atoms with Crippen LogP contribution in [-0.4, -0.2) is 11.7 Å². The highest BCUT2D eigenvalue weighted by Crippen LogP contribution is 2.26. The molecule has 0 unspecified atom stereocenters. The van der Waals surface area contributed by atoms with Gasteiger partial charge in [-0.3, -0.25) is 5.32 Å². The van der Waals surface area contributed by atoms with Crippen molar-refractivity contribution in [3.05, 3.63) is 27.7 Å². The minimum absolute atomic E-state index is 0.467. The second-order valence-electron chi connectivity index (χ2n) is 4.25. The molecule has 0 aromatic heterocycles. The topological polar surface area (TPSA) is 38.3 Å². The molecule has 1 N–H and O–H groups in total. The first-order valence-electron chi connectivity index (χ1n) is 4.73. The Balaban J connectivity index is 2.73. The Hall–Kier alpha value is -0.740. The van der Waals surface area contributed by atoms with Gasteiger partial charge in [0, 0.05) is 4.47 Å². The van der Waals surface area contributed by atoms with Crippen molar-refractivity contribution in [1.82, 2.24) is 0 Å². The Morgan fingerprint density at radius 3 is 2.62 bits per heavy atom. The molecule has 0 spiro atoms. The molecule has 16 heavy (non-hydrogen) atoms. The van der Waals surface area contributed by atoms with Gasteiger partial charge in [0.25, 0.3) is 0 Å². The molecule has 0 atom stereocenters. The van der Waals surface area contributed by atoms with E-state index in [1.54, 1.807) is 39.0 Å². The average molecular weight is 307 g/mol. The van der Waals surface area contributed by atoms with Crippen molar-refractivity contribution in [2.75, 3.05) is 5.32 Å². The maximum atomic E-state index is 11.5. The molecule has 1 aromatic rings. The van der Waals surface area contributed by atoms with Gasteiger partial charge in [-0.05, 0) is 39.0 Å². The van der Waals surface area contributed by atoms with Crippen LogP contribution in [0.3, 0.4) is 0 Å². The average Bonchev–Trinajstić information content (AvgIpc) is 2.08. The molecule has 0 aliphatic heterocycles. The Labute approximate surface area is 108 Å². The van der Waals surface area contributed by atoms with Crippen LogP contribution in [0, 0.1) is 0 Å². The van der Waals surface area contributed by atoms with Crippen molar-refractivity contribution in [2.45, 2.75) is 26.4 Å². The summed E-state index contributed by atoms with van der Waals surface area (Å²) in [5.74, 6) is 0. The quantitative estimate of drug-likeness (QED) is 0.832. The predicted octanol–water partition coefficient (Wildman–Crippen LogP) is 4.45. The summed E-state index contributed by atoms with van der Waals surface area (Å²) < 4.78 is 5.95. The number of anilines is 1. The molecule has 0 radical (unpaired) electrons. The van der Waals surface area contributed by atoms with E-state index in [0.717, 1.165) is 4.47 Å². The van der Waals surface area contributed by atoms with E-state index in [0.29, 0.717) is 10.7 Å². The third-order valence-corrected chi connectivity index (χ3v) is 2.39. The van der Waals surface area contributed by atoms with Crippen LogP contribution >= 0.6 is 27.5 Å². The van der Waals surface area contributed by atoms with Gasteiger partial charge in [0.15, 0.2) is 0 Å². The molecule has 5 heteroatoms. The standard InChI is InChI=1S/C11H13BrClNO2/c1-11(2,3)16-10(15)14-9-6-7(12)4-5-8(9)13/h4-6H,1-3H3,(H,14,15). The van der Waals surface area contributed by atoms with Crippen LogP contribution in [0.5, 0.6) is 0 Å². The van der Waals surface area contributed by atoms with Crippen LogP contribution in [0.25, 0.3) is 0 Å². The Bertz CT molecular complexity index is 401. The molecule has 88 valence electrons. The highest BCUT2D eigenvalue weighted by atomic mass is 79.9. The second-order valence-corrected chi connectivity index (χ2v) is 5.57. The van der Waals surface area contributed by atoms with Crippen molar-refractivity contribution < 1.29 is 9.53 Å². The molecule has 0 heterocycles. The van der Waals surface area contributed by atoms with Crippen molar-refractivity contribution >= 4 is 39.3 Å². The first-order valence-corrected chi connectivity index (χ1v) is 5.90. The predicted molar refractivity (Wildman–Crippen MR) is 69.0 cm³/mol. The number of hydrogen-bond acceptors (Lipinski definition) is 2. The molecule has 0 saturated carbocycles. The number of carbonyl (C=O) groups is 1. The zero-order valence-corrected chi connectivity index (χ0v) is 11.6. The molecule has 3 nitrogen and oxygen atoms in total. The van der Waals surface area contributed by atoms with E-state index in [1.807, 2.05) is 0 Å². The Kier molecular flexibility index (Phi) is 4.21. The highest BCUT2D eigenvalue weighted by molar-refractivity contribution is 9.10. The highest BCUT2D eigenvalue weighted by Gasteiger charge is 2.16. The van der Waals surface area contributed by atoms with Gasteiger partial charge in [-0.1, -0.05) is 27.5 Å². The number of carbonyl (C=O) groups excluding carboxylic acids is 1. The van der Waals surface area contributed by atoms with Gasteiger partial charge in [0.1, 0.15) is 5.60 Å². The summed E-state index contributed by atoms with van der Waals surface area (Å²) in [6.07, 6.45) is -0.521. The van der Waals surface area contributed by atoms with Crippen LogP contribution < -0.4 is 5.32 Å². The molecule has 0 fully saturated rings. The fraction of sp³-hybridized carbons (Fsp3) is 0.364. The van der Waals surface area contributed by atoms with E-state index in [2.05, 4.69) is 21.2 Å². The zero-order valence-electron chi connectivity index (χ0n) is 9.30. The van der Waals surface area contributed by atoms with E-state index in [9.17, 15) is 4.79 Å². The number of hydrogen-bond donors (Lipinski definition) is 1. The van der Waals surface area contributed by atoms with Crippen LogP contribution in [0.4, 0.5) is 10.5 Å². The smallest absolute Gasteiger partial charge is 0.412 e. The van der Waals surface area contributed by atoms with Crippen molar-refractivity contribution in [1.29, 1.82) is 0 Å². The minimum Gasteiger partial charge on any atom is -0.444 e. The van der Waals surface area contributed by atoms with Gasteiger partial charge in [-0.15, -0.1) is 0 Å². The number of nitrogens with one attached hydrogen (secondary N) is 1. The van der Waals surface area contributed by atoms with E-state index < -0.39 is 11.7 Å². The molecule has 0 saturated heterocycles. The van der Waals surface area contributed by atoms with Crippen LogP contribution in [-0.2, 0) is 4.74 Å². The summed E-state index contributed by atoms with van der Waals surface area (Å²) >= 11 is 9.22. The lowest BCUT2D eigenvalue weighted by atomic mass is 10.2. The molecule has 0 aliphatic carbocycles. The largest absolute Gasteiger partial charge is 0.444 e. The van der Waals surface area contributed by atoms with Gasteiger partial charge in [-0.2, -0.15) is 0 Å². The summed E-state index contributed by atoms with van der Waals surface area (Å²) in [4.78, 5) is 11.5. The molecule has 1 amide bonds. The molecule has 1 aromatic carbocycles. The summed E-state index contributed by atoms with van der Waals surface area (Å²) in [7, 11) is 0. The van der Waals surface area contributed by atoms with Crippen molar-refractivity contribution in [3.8, 4) is 0 Å². The number of rotatable bonds is 1. The monoisotopic (exact) mass is 305 g/mol. The minimum atomic E-state index is -0.525. The van der Waals surface area contributed by atoms with Gasteiger partial charge < -0.3 is 4.74 Å². The molecule has 0 aliphatic rings. The summed E-state index contributed by atoms with van der Waals surface area (Å²) in [6.45, 7) is 5.40. The van der Waals surface area contributed by atoms with E-state index in [4.69, 9.17) is 16.3 Å². The lowest BCUT2D eigenvalue weighted by Gasteiger charge is -2.20. The Morgan fingerprint density at radius 2 is 2.06 bits per heavy atom. The van der Waals surface area contributed by atoms with Gasteiger partial charge in [0.05, 0.1) is 10.7 Å². The van der Waals surface area contributed by atoms with E-state index in [1.165, 1.54) is 0 Å². The number of benzene rings is 1. The Morgan fingerprint density at radius 1 is 1.44 bits per heavy atom. The molecular formula is C11H13BrClNO2. The SMILES string of the molecule is CC(C)(C)OC(=O)Nc1cc(Br)ccc1Cl. The first kappa shape index (κ1) is 13.3. The number of halogens is 2. The zero-order chi connectivity index (χ0) is 12.3. The lowest BCUT2D eigenvalue weighted by molar-refractivity contribution is 0.0636. The first-order chi connectivity index (χ1) is 7.28. The molecule has 1 rings (SSSR count). The third-order valence-electron chi connectivity index (χ3n) is 1.56. The van der Waals surface area contributed by atoms with Gasteiger partial charge >= 0.3 is 6.09 Å². The fourth-order valence-corrected chi connectivity index (χ4v) is 1.53. The third kappa shape index (κ3) is 4.41. The summed E-state index contributed by atoms with van der Waals surface area (Å²) in [5, 5.41) is 3.05. The molecule has 0 bridgehead atoms. The van der Waals surface area contributed by atoms with Crippen molar-refractivity contribution in [2.24, 2.45) is 0 Å². The summed E-state index contributed by atoms with van der Waals surface area (Å²) in [5.41, 5.74) is -0.00644. The van der Waals surface area contributed by atoms with Crippen molar-refractivity contribution in [3.63, 3.8) is 0 Å². The van der Waals surface area contributed by atoms with Crippen LogP contribution in [0.2, 0.25) is 5.02 Å². The van der Waals surface area contributed by atoms with E-state index in [-0.39, 0.29) is 0 Å². The second kappa shape index (κ2) is 5.06. The van der Waals surface area contributed by atoms with Crippen LogP contribution in [0.15, 0.2) is 22.7 Å². The van der Waals surface area contributed by atoms with Gasteiger partial charge in [0.2, 0.25) is 0 Å². The fourth-order valence-electron chi connectivity index (χ4n) is 1.01. The maximum absolute atomic E-state index is 11.5. The maximum Gasteiger partial charge on any atom is 0.412 e. The van der Waals surface area contributed by atoms with E-state index >= 15 is 0 Å². The molecular weight excluding hydrogens is 293 g/mol. The summed E-state index contributed by atoms with van der Waals surface area (Å²) in [6, 6.07) is 5.20.